The molecule has 1 N–H and O–H groups in total. The van der Waals surface area contributed by atoms with E-state index in [2.05, 4.69) is 29.1 Å². The number of nitrogens with one attached hydrogen (secondary N) is 1. The fourth-order valence-electron chi connectivity index (χ4n) is 3.74. The van der Waals surface area contributed by atoms with Crippen molar-refractivity contribution in [1.82, 2.24) is 14.8 Å². The third-order valence-electron chi connectivity index (χ3n) is 5.03. The maximum Gasteiger partial charge on any atom is 0.329 e. The molecule has 4 amide bonds. The Kier molecular flexibility index (Phi) is 3.99. The SMILES string of the molecule is CCC1c2cccn2CCN1C(=O)c1ccc(N2CC(=O)NC2=O)cc1. The lowest BCUT2D eigenvalue weighted by Crippen LogP contribution is -2.41. The van der Waals surface area contributed by atoms with Gasteiger partial charge in [0.05, 0.1) is 6.04 Å². The molecule has 4 rings (SSSR count). The minimum Gasteiger partial charge on any atom is -0.348 e. The van der Waals surface area contributed by atoms with E-state index in [4.69, 9.17) is 0 Å². The van der Waals surface area contributed by atoms with E-state index in [9.17, 15) is 14.4 Å². The van der Waals surface area contributed by atoms with Crippen molar-refractivity contribution in [2.24, 2.45) is 0 Å². The van der Waals surface area contributed by atoms with Crippen molar-refractivity contribution in [3.63, 3.8) is 0 Å². The number of aromatic nitrogens is 1. The summed E-state index contributed by atoms with van der Waals surface area (Å²) >= 11 is 0. The number of imide groups is 1. The summed E-state index contributed by atoms with van der Waals surface area (Å²) in [6.07, 6.45) is 2.90. The summed E-state index contributed by atoms with van der Waals surface area (Å²) in [7, 11) is 0. The molecule has 0 radical (unpaired) electrons. The second-order valence-corrected chi connectivity index (χ2v) is 6.54. The van der Waals surface area contributed by atoms with Crippen LogP contribution in [0.15, 0.2) is 42.6 Å². The maximum absolute atomic E-state index is 13.0. The topological polar surface area (TPSA) is 74.7 Å². The molecule has 7 heteroatoms. The van der Waals surface area contributed by atoms with E-state index in [0.29, 0.717) is 17.8 Å². The largest absolute Gasteiger partial charge is 0.348 e. The van der Waals surface area contributed by atoms with Crippen LogP contribution in [0.25, 0.3) is 0 Å². The Balaban J connectivity index is 1.55. The number of anilines is 1. The average molecular weight is 352 g/mol. The molecule has 2 aliphatic heterocycles. The van der Waals surface area contributed by atoms with Crippen molar-refractivity contribution in [2.75, 3.05) is 18.0 Å². The Morgan fingerprint density at radius 2 is 1.92 bits per heavy atom. The lowest BCUT2D eigenvalue weighted by molar-refractivity contribution is -0.117. The summed E-state index contributed by atoms with van der Waals surface area (Å²) in [5.74, 6) is -0.338. The number of carbonyl (C=O) groups excluding carboxylic acids is 3. The molecule has 1 saturated heterocycles. The predicted octanol–water partition coefficient (Wildman–Crippen LogP) is 2.15. The van der Waals surface area contributed by atoms with Gasteiger partial charge in [-0.3, -0.25) is 19.8 Å². The van der Waals surface area contributed by atoms with E-state index in [1.54, 1.807) is 24.3 Å². The van der Waals surface area contributed by atoms with Crippen LogP contribution in [0.1, 0.15) is 35.4 Å². The number of rotatable bonds is 3. The fraction of sp³-hybridized carbons (Fsp3) is 0.316. The van der Waals surface area contributed by atoms with Gasteiger partial charge in [0.25, 0.3) is 5.91 Å². The van der Waals surface area contributed by atoms with Crippen molar-refractivity contribution in [3.8, 4) is 0 Å². The Morgan fingerprint density at radius 3 is 2.58 bits per heavy atom. The lowest BCUT2D eigenvalue weighted by atomic mass is 10.0. The van der Waals surface area contributed by atoms with Crippen molar-refractivity contribution in [3.05, 3.63) is 53.9 Å². The van der Waals surface area contributed by atoms with Gasteiger partial charge in [0.1, 0.15) is 6.54 Å². The minimum absolute atomic E-state index is 0.00709. The molecule has 1 atom stereocenters. The van der Waals surface area contributed by atoms with Gasteiger partial charge in [-0.15, -0.1) is 0 Å². The van der Waals surface area contributed by atoms with Crippen LogP contribution in [0.5, 0.6) is 0 Å². The normalized spacial score (nSPS) is 19.5. The first-order valence-electron chi connectivity index (χ1n) is 8.76. The smallest absolute Gasteiger partial charge is 0.329 e. The molecule has 1 aromatic carbocycles. The number of nitrogens with zero attached hydrogens (tertiary/aromatic N) is 3. The van der Waals surface area contributed by atoms with Crippen LogP contribution in [0.4, 0.5) is 10.5 Å². The number of benzene rings is 1. The highest BCUT2D eigenvalue weighted by atomic mass is 16.2. The quantitative estimate of drug-likeness (QED) is 0.860. The number of fused-ring (bicyclic) bond motifs is 1. The van der Waals surface area contributed by atoms with E-state index in [0.717, 1.165) is 18.7 Å². The van der Waals surface area contributed by atoms with Gasteiger partial charge in [-0.1, -0.05) is 6.92 Å². The first-order chi connectivity index (χ1) is 12.6. The van der Waals surface area contributed by atoms with Crippen molar-refractivity contribution < 1.29 is 14.4 Å². The Morgan fingerprint density at radius 1 is 1.15 bits per heavy atom. The highest BCUT2D eigenvalue weighted by Gasteiger charge is 2.31. The molecule has 0 saturated carbocycles. The summed E-state index contributed by atoms with van der Waals surface area (Å²) in [5.41, 5.74) is 2.35. The number of hydrogen-bond donors (Lipinski definition) is 1. The van der Waals surface area contributed by atoms with E-state index >= 15 is 0 Å². The third kappa shape index (κ3) is 2.65. The van der Waals surface area contributed by atoms with Gasteiger partial charge in [-0.25, -0.2) is 4.79 Å². The van der Waals surface area contributed by atoms with Crippen LogP contribution in [-0.4, -0.2) is 40.4 Å². The average Bonchev–Trinajstić information content (AvgIpc) is 3.26. The van der Waals surface area contributed by atoms with E-state index in [-0.39, 0.29) is 24.4 Å². The molecule has 1 fully saturated rings. The predicted molar refractivity (Wildman–Crippen MR) is 95.8 cm³/mol. The zero-order valence-corrected chi connectivity index (χ0v) is 14.5. The molecule has 0 aliphatic carbocycles. The molecule has 1 aromatic heterocycles. The van der Waals surface area contributed by atoms with Crippen molar-refractivity contribution in [1.29, 1.82) is 0 Å². The number of carbonyl (C=O) groups is 3. The monoisotopic (exact) mass is 352 g/mol. The van der Waals surface area contributed by atoms with Gasteiger partial charge < -0.3 is 9.47 Å². The molecule has 134 valence electrons. The minimum atomic E-state index is -0.433. The molecule has 0 bridgehead atoms. The Hall–Kier alpha value is -3.09. The Labute approximate surface area is 151 Å². The van der Waals surface area contributed by atoms with Crippen LogP contribution >= 0.6 is 0 Å². The zero-order valence-electron chi connectivity index (χ0n) is 14.5. The first-order valence-corrected chi connectivity index (χ1v) is 8.76. The number of amides is 4. The highest BCUT2D eigenvalue weighted by Crippen LogP contribution is 2.30. The van der Waals surface area contributed by atoms with Gasteiger partial charge in [-0.2, -0.15) is 0 Å². The number of urea groups is 1. The summed E-state index contributed by atoms with van der Waals surface area (Å²) in [5, 5.41) is 2.25. The fourth-order valence-corrected chi connectivity index (χ4v) is 3.74. The highest BCUT2D eigenvalue weighted by molar-refractivity contribution is 6.12. The van der Waals surface area contributed by atoms with Gasteiger partial charge in [-0.05, 0) is 42.8 Å². The zero-order chi connectivity index (χ0) is 18.3. The Bertz CT molecular complexity index is 871. The molecule has 2 aromatic rings. The van der Waals surface area contributed by atoms with Crippen LogP contribution in [0, 0.1) is 0 Å². The molecule has 0 spiro atoms. The second-order valence-electron chi connectivity index (χ2n) is 6.54. The molecule has 7 nitrogen and oxygen atoms in total. The summed E-state index contributed by atoms with van der Waals surface area (Å²) in [6, 6.07) is 10.6. The first kappa shape index (κ1) is 16.4. The van der Waals surface area contributed by atoms with Crippen molar-refractivity contribution in [2.45, 2.75) is 25.9 Å². The summed E-state index contributed by atoms with van der Waals surface area (Å²) < 4.78 is 2.20. The van der Waals surface area contributed by atoms with Crippen LogP contribution < -0.4 is 10.2 Å². The van der Waals surface area contributed by atoms with E-state index in [1.807, 2.05) is 11.0 Å². The number of hydrogen-bond acceptors (Lipinski definition) is 3. The van der Waals surface area contributed by atoms with Gasteiger partial charge in [0, 0.05) is 36.2 Å². The molecule has 3 heterocycles. The van der Waals surface area contributed by atoms with Crippen LogP contribution in [-0.2, 0) is 11.3 Å². The molecule has 2 aliphatic rings. The molecule has 26 heavy (non-hydrogen) atoms. The van der Waals surface area contributed by atoms with Crippen molar-refractivity contribution >= 4 is 23.5 Å². The molecule has 1 unspecified atom stereocenters. The van der Waals surface area contributed by atoms with Crippen LogP contribution in [0.2, 0.25) is 0 Å². The van der Waals surface area contributed by atoms with Gasteiger partial charge >= 0.3 is 6.03 Å². The summed E-state index contributed by atoms with van der Waals surface area (Å²) in [6.45, 7) is 3.55. The lowest BCUT2D eigenvalue weighted by Gasteiger charge is -2.36. The van der Waals surface area contributed by atoms with E-state index in [1.165, 1.54) is 4.90 Å². The standard InChI is InChI=1S/C19H20N4O3/c1-2-15-16-4-3-9-21(16)10-11-22(15)18(25)13-5-7-14(8-6-13)23-12-17(24)20-19(23)26/h3-9,15H,2,10-12H2,1H3,(H,20,24,26). The molecular formula is C19H20N4O3. The van der Waals surface area contributed by atoms with Gasteiger partial charge in [0.2, 0.25) is 5.91 Å². The summed E-state index contributed by atoms with van der Waals surface area (Å²) in [4.78, 5) is 39.4. The maximum atomic E-state index is 13.0. The van der Waals surface area contributed by atoms with Crippen LogP contribution in [0.3, 0.4) is 0 Å². The third-order valence-corrected chi connectivity index (χ3v) is 5.03. The second kappa shape index (κ2) is 6.33. The van der Waals surface area contributed by atoms with Gasteiger partial charge in [0.15, 0.2) is 0 Å². The van der Waals surface area contributed by atoms with E-state index < -0.39 is 6.03 Å². The molecular weight excluding hydrogens is 332 g/mol.